The van der Waals surface area contributed by atoms with Gasteiger partial charge in [-0.25, -0.2) is 34.9 Å². The number of H-pyrrole nitrogens is 2. The van der Waals surface area contributed by atoms with E-state index in [2.05, 4.69) is 81.1 Å². The van der Waals surface area contributed by atoms with E-state index in [0.717, 1.165) is 50.6 Å². The average Bonchev–Trinajstić information content (AvgIpc) is 1.55. The molecule has 6 aromatic carbocycles. The van der Waals surface area contributed by atoms with Gasteiger partial charge in [-0.3, -0.25) is 29.3 Å². The van der Waals surface area contributed by atoms with E-state index in [-0.39, 0.29) is 203 Å². The predicted octanol–water partition coefficient (Wildman–Crippen LogP) is 17.0. The Labute approximate surface area is 671 Å². The molecule has 0 aliphatic rings. The summed E-state index contributed by atoms with van der Waals surface area (Å²) < 4.78 is 285. The molecule has 22 heteroatoms. The van der Waals surface area contributed by atoms with Crippen molar-refractivity contribution in [3.63, 3.8) is 0 Å². The molecule has 0 aliphatic heterocycles. The number of aryl methyl sites for hydroxylation is 5. The van der Waals surface area contributed by atoms with Gasteiger partial charge in [0.05, 0.1) is 77.5 Å². The zero-order valence-electron chi connectivity index (χ0n) is 91.8. The van der Waals surface area contributed by atoms with Crippen LogP contribution in [-0.4, -0.2) is 81.3 Å². The largest absolute Gasteiger partial charge is 0.324 e. The summed E-state index contributed by atoms with van der Waals surface area (Å²) in [4.78, 5) is 85.9. The highest BCUT2D eigenvalue weighted by molar-refractivity contribution is 6.06. The van der Waals surface area contributed by atoms with Crippen LogP contribution in [0.15, 0.2) is 278 Å². The maximum absolute atomic E-state index is 13.6. The Hall–Kier alpha value is -14.4. The number of benzene rings is 6. The Morgan fingerprint density at radius 3 is 1.58 bits per heavy atom. The molecule has 0 radical (unpaired) electrons. The van der Waals surface area contributed by atoms with Crippen molar-refractivity contribution in [2.75, 3.05) is 21.3 Å². The fourth-order valence-corrected chi connectivity index (χ4v) is 9.77. The van der Waals surface area contributed by atoms with Crippen LogP contribution in [0.1, 0.15) is 128 Å². The van der Waals surface area contributed by atoms with Crippen LogP contribution >= 0.6 is 0 Å². The third kappa shape index (κ3) is 18.5. The van der Waals surface area contributed by atoms with Crippen LogP contribution in [0.2, 0.25) is 0 Å². The van der Waals surface area contributed by atoms with E-state index < -0.39 is 146 Å². The summed E-state index contributed by atoms with van der Waals surface area (Å²) in [5.74, 6) is -2.65. The van der Waals surface area contributed by atoms with Gasteiger partial charge in [0.25, 0.3) is 17.7 Å². The molecule has 0 aliphatic carbocycles. The quantitative estimate of drug-likeness (QED) is 0.0527. The van der Waals surface area contributed by atoms with Crippen molar-refractivity contribution in [3.05, 3.63) is 346 Å². The van der Waals surface area contributed by atoms with E-state index in [0.29, 0.717) is 11.3 Å². The van der Waals surface area contributed by atoms with Crippen molar-refractivity contribution >= 4 is 57.8 Å². The zero-order valence-corrected chi connectivity index (χ0v) is 57.8. The molecule has 534 valence electrons. The number of aromatic nitrogens is 13. The molecule has 108 heavy (non-hydrogen) atoms. The minimum Gasteiger partial charge on any atom is -0.324 e. The number of nitrogens with one attached hydrogen (secondary N) is 6. The van der Waals surface area contributed by atoms with E-state index in [1.807, 2.05) is 19.1 Å². The topological polar surface area (TPSA) is 274 Å². The molecular formula is C86H77N19O3. The lowest BCUT2D eigenvalue weighted by Gasteiger charge is -2.13. The highest BCUT2D eigenvalue weighted by Crippen LogP contribution is 2.29. The summed E-state index contributed by atoms with van der Waals surface area (Å²) in [5.41, 5.74) is -2.28. The second-order valence-electron chi connectivity index (χ2n) is 23.1. The number of nitrogens with zero attached hydrogens (tertiary/aromatic N) is 13. The van der Waals surface area contributed by atoms with Gasteiger partial charge in [-0.15, -0.1) is 0 Å². The predicted molar refractivity (Wildman–Crippen MR) is 424 cm³/mol. The lowest BCUT2D eigenvalue weighted by molar-refractivity contribution is 0.101. The second kappa shape index (κ2) is 32.9. The molecule has 22 nitrogen and oxygen atoms in total. The van der Waals surface area contributed by atoms with Crippen molar-refractivity contribution < 1.29 is 61.0 Å². The number of aromatic amines is 2. The first-order valence-corrected chi connectivity index (χ1v) is 32.1. The van der Waals surface area contributed by atoms with E-state index in [4.69, 9.17) is 46.6 Å². The molecule has 15 aromatic rings. The molecule has 0 atom stereocenters. The first-order valence-electron chi connectivity index (χ1n) is 49.1. The third-order valence-corrected chi connectivity index (χ3v) is 14.8. The summed E-state index contributed by atoms with van der Waals surface area (Å²) in [6, 6.07) is 7.44. The fraction of sp³-hybridized carbons (Fsp3) is 0.105. The minimum atomic E-state index is -2.78. The van der Waals surface area contributed by atoms with Gasteiger partial charge in [-0.1, -0.05) is 18.2 Å². The monoisotopic (exact) mass is 1460 g/mol. The van der Waals surface area contributed by atoms with Crippen LogP contribution in [0.5, 0.6) is 0 Å². The molecule has 3 amide bonds. The normalized spacial score (nSPS) is 15.9. The number of carbonyl (C=O) groups is 3. The Morgan fingerprint density at radius 1 is 0.491 bits per heavy atom. The zero-order chi connectivity index (χ0) is 105. The molecule has 0 saturated heterocycles. The van der Waals surface area contributed by atoms with Crippen LogP contribution in [0.4, 0.5) is 40.1 Å². The van der Waals surface area contributed by atoms with Gasteiger partial charge < -0.3 is 44.9 Å². The number of pyridine rings is 3. The molecular weight excluding hydrogens is 1350 g/mol. The first-order chi connectivity index (χ1) is 66.5. The number of rotatable bonds is 16. The molecule has 15 rings (SSSR count). The summed E-state index contributed by atoms with van der Waals surface area (Å²) >= 11 is 0. The second-order valence-corrected chi connectivity index (χ2v) is 23.1. The standard InChI is InChI=1S/2C29H26N6O.C28H25N7O/c2*1-19-9-12-35(18-19)25-14-20(2)13-24(16-25)32-28(36)22-7-6-21(3)27(15-22)34-29-31-11-8-26(33-29)23-5-4-10-30-17-23;1-18-11-23(14-24(12-18)35-16-20(3)31-17-35)32-27(36)21-7-6-19(2)26(13-21)34-28-30-10-8-25(33-28)22-5-4-9-29-15-22/h2*4-18H,1-3H3,(H,32,36)(H,31,33,34);4-17H,1-3H3,(H,32,36)(H,30,33,34)/i3D3,4D,5D,8D,10D,11D,12D,13D,14D,16D,17D,18D;6D,7D,13D,14D,15D,16D;2D3,4D,5D,8D,9D,10D,11D,12D,14D,15D,16D,17D. The van der Waals surface area contributed by atoms with Gasteiger partial charge in [0, 0.05) is 168 Å². The number of anilines is 5. The average molecular weight is 1460 g/mol. The van der Waals surface area contributed by atoms with Gasteiger partial charge in [0.15, 0.2) is 0 Å². The number of hydrogen-bond donors (Lipinski definition) is 6. The Kier molecular flexibility index (Phi) is 12.6. The molecule has 9 heterocycles. The van der Waals surface area contributed by atoms with E-state index in [9.17, 15) is 14.4 Å². The molecule has 0 unspecified atom stereocenters. The van der Waals surface area contributed by atoms with Crippen LogP contribution in [0.25, 0.3) is 50.8 Å². The summed E-state index contributed by atoms with van der Waals surface area (Å²) in [6.45, 7) is 5.31. The van der Waals surface area contributed by atoms with Gasteiger partial charge in [0.2, 0.25) is 17.2 Å². The van der Waals surface area contributed by atoms with E-state index in [1.54, 1.807) is 62.3 Å². The fourth-order valence-electron chi connectivity index (χ4n) is 9.77. The summed E-state index contributed by atoms with van der Waals surface area (Å²) in [6.07, 6.45) is 3.27. The number of carbonyl (C=O) groups excluding carboxylic acids is 3. The minimum absolute atomic E-state index is 0.0234. The summed E-state index contributed by atoms with van der Waals surface area (Å²) in [5, 5.41) is 10.4. The molecule has 0 bridgehead atoms. The maximum Gasteiger partial charge on any atom is 0.255 e. The highest BCUT2D eigenvalue weighted by atomic mass is 16.2. The van der Waals surface area contributed by atoms with Crippen LogP contribution in [0.3, 0.4) is 0 Å². The molecule has 6 N–H and O–H groups in total. The van der Waals surface area contributed by atoms with Crippen molar-refractivity contribution in [2.45, 2.75) is 62.2 Å². The van der Waals surface area contributed by atoms with Crippen LogP contribution < -0.4 is 32.5 Å². The Bertz CT molecular complexity index is 7610. The van der Waals surface area contributed by atoms with Crippen LogP contribution in [-0.2, 0) is 0 Å². The maximum atomic E-state index is 13.6. The smallest absolute Gasteiger partial charge is 0.255 e. The van der Waals surface area contributed by atoms with Crippen LogP contribution in [0, 0.1) is 62.2 Å². The van der Waals surface area contributed by atoms with Gasteiger partial charge in [-0.05, 0) is 264 Å². The van der Waals surface area contributed by atoms with Crippen molar-refractivity contribution in [2.24, 2.45) is 9.98 Å². The number of amides is 3. The van der Waals surface area contributed by atoms with E-state index >= 15 is 0 Å². The third-order valence-electron chi connectivity index (χ3n) is 14.8. The molecule has 0 saturated carbocycles. The Morgan fingerprint density at radius 2 is 1.06 bits per heavy atom. The van der Waals surface area contributed by atoms with Gasteiger partial charge in [-0.2, -0.15) is 0 Å². The van der Waals surface area contributed by atoms with Gasteiger partial charge in [0.1, 0.15) is 1.37 Å². The van der Waals surface area contributed by atoms with Crippen molar-refractivity contribution in [1.29, 1.82) is 0 Å². The molecule has 0 fully saturated rings. The summed E-state index contributed by atoms with van der Waals surface area (Å²) in [7, 11) is 0. The Balaban J connectivity index is 0.000000180. The lowest BCUT2D eigenvalue weighted by Crippen LogP contribution is -2.14. The molecule has 0 spiro atoms. The molecule has 9 aromatic heterocycles. The number of imidazole rings is 1. The van der Waals surface area contributed by atoms with Crippen molar-refractivity contribution in [3.8, 4) is 50.8 Å². The van der Waals surface area contributed by atoms with Gasteiger partial charge >= 0.3 is 0 Å². The van der Waals surface area contributed by atoms with E-state index in [1.165, 1.54) is 39.1 Å². The lowest BCUT2D eigenvalue weighted by atomic mass is 10.1. The first kappa shape index (κ1) is 41.2. The SMILES string of the molecule is [2H]c1c([2H])c(C(=O)Nc2c([2H])c(C)c([2H])c(-n3ccc(C)c3)c2[2H])c([2H])c(Nc2nccc(-c3cccnc3)n2)c1C.[2H]c1nc(=Nc2cc(C(=O)Nc3c([2H])c(C)c([2H])c(-n4c([2H])cc(C)c4[2H])c3[2H])ccc2C([2H])([2H])[2H])[nH]c(-c2c([2H])nc([2H])c([2H])c2[2H])c1[2H].[2H]c1nc(=Nc2cc(C(=O)Nc3c([2H])c(C)c([2H])c(-n4c([2H])nc(C)c4[2H])c3[2H])ccc2C([2H])([2H])[2H])[nH]c(-c2c([2H])nc([2H])c([2H])c2[2H])c1[2H]. The number of hydrogen-bond acceptors (Lipinski definition) is 14. The highest BCUT2D eigenvalue weighted by Gasteiger charge is 2.16. The van der Waals surface area contributed by atoms with Crippen molar-refractivity contribution in [1.82, 2.24) is 63.5 Å².